The molecule has 38 heavy (non-hydrogen) atoms. The molecule has 2 aliphatic rings. The van der Waals surface area contributed by atoms with Crippen LogP contribution in [0, 0.1) is 5.82 Å². The molecule has 1 saturated heterocycles. The number of rotatable bonds is 6. The second-order valence-corrected chi connectivity index (χ2v) is 10.8. The SMILES string of the molecule is COc1cccc(NC(=O)N2CCN(C(=O)CCN3CCc4sccc4C3c3cccc(F)c3)CC2C)c1. The minimum atomic E-state index is -0.247. The van der Waals surface area contributed by atoms with Crippen molar-refractivity contribution < 1.29 is 18.7 Å². The van der Waals surface area contributed by atoms with Crippen molar-refractivity contribution in [3.05, 3.63) is 81.8 Å². The molecule has 3 aromatic rings. The molecule has 2 aliphatic heterocycles. The number of carbonyl (C=O) groups excluding carboxylic acids is 2. The second kappa shape index (κ2) is 11.5. The van der Waals surface area contributed by atoms with Crippen LogP contribution in [-0.4, -0.2) is 72.5 Å². The number of anilines is 1. The number of benzene rings is 2. The standard InChI is InChI=1S/C29H33FN4O3S/c1-20-19-33(14-15-34(20)29(36)31-23-7-4-8-24(18-23)37-2)27(35)10-13-32-12-9-26-25(11-16-38-26)28(32)21-5-3-6-22(30)17-21/h3-8,11,16-18,20,28H,9-10,12-15,19H2,1-2H3,(H,31,36). The lowest BCUT2D eigenvalue weighted by atomic mass is 9.93. The third-order valence-corrected chi connectivity index (χ3v) is 8.40. The van der Waals surface area contributed by atoms with Crippen molar-refractivity contribution in [1.29, 1.82) is 0 Å². The monoisotopic (exact) mass is 536 g/mol. The number of thiophene rings is 1. The zero-order valence-electron chi connectivity index (χ0n) is 21.7. The summed E-state index contributed by atoms with van der Waals surface area (Å²) in [6.45, 7) is 4.85. The number of carbonyl (C=O) groups is 2. The Morgan fingerprint density at radius 3 is 2.74 bits per heavy atom. The summed E-state index contributed by atoms with van der Waals surface area (Å²) in [7, 11) is 1.59. The van der Waals surface area contributed by atoms with Crippen molar-refractivity contribution in [3.8, 4) is 5.75 Å². The van der Waals surface area contributed by atoms with Gasteiger partial charge in [0.25, 0.3) is 0 Å². The van der Waals surface area contributed by atoms with E-state index in [4.69, 9.17) is 4.74 Å². The van der Waals surface area contributed by atoms with E-state index in [1.807, 2.05) is 36.1 Å². The molecule has 0 spiro atoms. The number of hydrogen-bond donors (Lipinski definition) is 1. The molecule has 0 saturated carbocycles. The van der Waals surface area contributed by atoms with Gasteiger partial charge in [-0.05, 0) is 60.2 Å². The quantitative estimate of drug-likeness (QED) is 0.482. The number of urea groups is 1. The van der Waals surface area contributed by atoms with Crippen molar-refractivity contribution in [2.75, 3.05) is 45.2 Å². The Morgan fingerprint density at radius 1 is 1.11 bits per heavy atom. The van der Waals surface area contributed by atoms with Crippen LogP contribution >= 0.6 is 11.3 Å². The van der Waals surface area contributed by atoms with Crippen LogP contribution in [0.3, 0.4) is 0 Å². The number of ether oxygens (including phenoxy) is 1. The third-order valence-electron chi connectivity index (χ3n) is 7.41. The second-order valence-electron chi connectivity index (χ2n) is 9.84. The van der Waals surface area contributed by atoms with Crippen LogP contribution in [0.5, 0.6) is 5.75 Å². The Bertz CT molecular complexity index is 1300. The topological polar surface area (TPSA) is 65.1 Å². The Morgan fingerprint density at radius 2 is 1.95 bits per heavy atom. The normalized spacial score (nSPS) is 19.7. The summed E-state index contributed by atoms with van der Waals surface area (Å²) < 4.78 is 19.3. The number of nitrogens with one attached hydrogen (secondary N) is 1. The first-order valence-corrected chi connectivity index (χ1v) is 13.9. The average molecular weight is 537 g/mol. The first-order chi connectivity index (χ1) is 18.4. The van der Waals surface area contributed by atoms with E-state index in [9.17, 15) is 14.0 Å². The highest BCUT2D eigenvalue weighted by atomic mass is 32.1. The van der Waals surface area contributed by atoms with Crippen molar-refractivity contribution in [2.45, 2.75) is 31.8 Å². The van der Waals surface area contributed by atoms with Gasteiger partial charge in [-0.2, -0.15) is 0 Å². The number of amides is 3. The lowest BCUT2D eigenvalue weighted by Crippen LogP contribution is -2.56. The van der Waals surface area contributed by atoms with Gasteiger partial charge in [-0.25, -0.2) is 9.18 Å². The van der Waals surface area contributed by atoms with Crippen LogP contribution in [0.25, 0.3) is 0 Å². The van der Waals surface area contributed by atoms with Crippen LogP contribution in [-0.2, 0) is 11.2 Å². The van der Waals surface area contributed by atoms with Crippen LogP contribution in [0.2, 0.25) is 0 Å². The van der Waals surface area contributed by atoms with E-state index in [1.165, 1.54) is 16.5 Å². The highest BCUT2D eigenvalue weighted by Crippen LogP contribution is 2.38. The van der Waals surface area contributed by atoms with Gasteiger partial charge in [-0.3, -0.25) is 9.69 Å². The third kappa shape index (κ3) is 5.68. The molecule has 2 atom stereocenters. The maximum absolute atomic E-state index is 14.1. The van der Waals surface area contributed by atoms with E-state index in [0.717, 1.165) is 18.5 Å². The summed E-state index contributed by atoms with van der Waals surface area (Å²) in [6.07, 6.45) is 1.32. The lowest BCUT2D eigenvalue weighted by molar-refractivity contribution is -0.134. The Labute approximate surface area is 226 Å². The number of methoxy groups -OCH3 is 1. The van der Waals surface area contributed by atoms with Gasteiger partial charge in [-0.1, -0.05) is 18.2 Å². The summed E-state index contributed by atoms with van der Waals surface area (Å²) in [5.41, 5.74) is 2.80. The maximum atomic E-state index is 14.1. The van der Waals surface area contributed by atoms with Crippen molar-refractivity contribution in [1.82, 2.24) is 14.7 Å². The summed E-state index contributed by atoms with van der Waals surface area (Å²) >= 11 is 1.74. The molecule has 5 rings (SSSR count). The van der Waals surface area contributed by atoms with Crippen molar-refractivity contribution in [2.24, 2.45) is 0 Å². The predicted octanol–water partition coefficient (Wildman–Crippen LogP) is 5.00. The summed E-state index contributed by atoms with van der Waals surface area (Å²) in [6, 6.07) is 15.8. The van der Waals surface area contributed by atoms with Gasteiger partial charge in [0.05, 0.1) is 13.2 Å². The van der Waals surface area contributed by atoms with Gasteiger partial charge in [0.1, 0.15) is 11.6 Å². The molecular weight excluding hydrogens is 503 g/mol. The molecule has 3 heterocycles. The molecule has 0 radical (unpaired) electrons. The largest absolute Gasteiger partial charge is 0.497 e. The number of nitrogens with zero attached hydrogens (tertiary/aromatic N) is 3. The molecule has 0 aliphatic carbocycles. The van der Waals surface area contributed by atoms with Gasteiger partial charge in [0, 0.05) is 61.8 Å². The number of fused-ring (bicyclic) bond motifs is 1. The maximum Gasteiger partial charge on any atom is 0.322 e. The van der Waals surface area contributed by atoms with Gasteiger partial charge in [0.15, 0.2) is 0 Å². The summed E-state index contributed by atoms with van der Waals surface area (Å²) in [5.74, 6) is 0.511. The number of hydrogen-bond acceptors (Lipinski definition) is 5. The Kier molecular flexibility index (Phi) is 7.95. The minimum absolute atomic E-state index is 0.0513. The number of piperazine rings is 1. The van der Waals surface area contributed by atoms with Gasteiger partial charge in [0.2, 0.25) is 5.91 Å². The fraction of sp³-hybridized carbons (Fsp3) is 0.379. The van der Waals surface area contributed by atoms with Crippen LogP contribution in [0.1, 0.15) is 35.4 Å². The fourth-order valence-corrected chi connectivity index (χ4v) is 6.36. The predicted molar refractivity (Wildman–Crippen MR) is 147 cm³/mol. The van der Waals surface area contributed by atoms with Crippen LogP contribution < -0.4 is 10.1 Å². The van der Waals surface area contributed by atoms with Crippen molar-refractivity contribution >= 4 is 29.0 Å². The van der Waals surface area contributed by atoms with E-state index in [2.05, 4.69) is 21.7 Å². The Hall–Kier alpha value is -3.43. The molecule has 9 heteroatoms. The molecule has 1 N–H and O–H groups in total. The lowest BCUT2D eigenvalue weighted by Gasteiger charge is -2.40. The van der Waals surface area contributed by atoms with Gasteiger partial charge >= 0.3 is 6.03 Å². The van der Waals surface area contributed by atoms with Gasteiger partial charge in [-0.15, -0.1) is 11.3 Å². The van der Waals surface area contributed by atoms with Gasteiger partial charge < -0.3 is 19.9 Å². The van der Waals surface area contributed by atoms with E-state index in [-0.39, 0.29) is 29.8 Å². The highest BCUT2D eigenvalue weighted by molar-refractivity contribution is 7.10. The number of halogens is 1. The zero-order chi connectivity index (χ0) is 26.6. The fourth-order valence-electron chi connectivity index (χ4n) is 5.46. The first-order valence-electron chi connectivity index (χ1n) is 13.0. The smallest absolute Gasteiger partial charge is 0.322 e. The van der Waals surface area contributed by atoms with E-state index < -0.39 is 0 Å². The molecule has 2 aromatic carbocycles. The molecule has 0 bridgehead atoms. The zero-order valence-corrected chi connectivity index (χ0v) is 22.5. The molecule has 200 valence electrons. The molecule has 7 nitrogen and oxygen atoms in total. The van der Waals surface area contributed by atoms with Crippen LogP contribution in [0.15, 0.2) is 60.0 Å². The van der Waals surface area contributed by atoms with E-state index >= 15 is 0 Å². The summed E-state index contributed by atoms with van der Waals surface area (Å²) in [4.78, 5) is 33.4. The minimum Gasteiger partial charge on any atom is -0.497 e. The molecule has 3 amide bonds. The van der Waals surface area contributed by atoms with E-state index in [1.54, 1.807) is 41.5 Å². The highest BCUT2D eigenvalue weighted by Gasteiger charge is 2.32. The molecule has 1 fully saturated rings. The summed E-state index contributed by atoms with van der Waals surface area (Å²) in [5, 5.41) is 5.02. The molecular formula is C29H33FN4O3S. The van der Waals surface area contributed by atoms with Crippen LogP contribution in [0.4, 0.5) is 14.9 Å². The average Bonchev–Trinajstić information content (AvgIpc) is 3.40. The Balaban J connectivity index is 1.18. The first kappa shape index (κ1) is 26.2. The van der Waals surface area contributed by atoms with E-state index in [0.29, 0.717) is 44.0 Å². The molecule has 2 unspecified atom stereocenters. The molecule has 1 aromatic heterocycles. The van der Waals surface area contributed by atoms with Crippen molar-refractivity contribution in [3.63, 3.8) is 0 Å².